The van der Waals surface area contributed by atoms with E-state index in [0.717, 1.165) is 26.2 Å². The highest BCUT2D eigenvalue weighted by atomic mass is 31.0. The Morgan fingerprint density at radius 3 is 2.80 bits per heavy atom. The first-order valence-electron chi connectivity index (χ1n) is 3.81. The first-order valence-corrected chi connectivity index (χ1v) is 3.81. The van der Waals surface area contributed by atoms with E-state index in [1.54, 1.807) is 0 Å². The van der Waals surface area contributed by atoms with Gasteiger partial charge in [0.2, 0.25) is 0 Å². The summed E-state index contributed by atoms with van der Waals surface area (Å²) in [5.41, 5.74) is 0. The maximum atomic E-state index is 5.75. The molecule has 0 aromatic carbocycles. The molecule has 0 unspecified atom stereocenters. The Balaban J connectivity index is 0. The van der Waals surface area contributed by atoms with E-state index in [1.807, 2.05) is 14.0 Å². The molecule has 0 atom stereocenters. The molecular weight excluding hydrogens is 147 g/mol. The van der Waals surface area contributed by atoms with Gasteiger partial charge in [0.1, 0.15) is 0 Å². The second kappa shape index (κ2) is 16.0. The van der Waals surface area contributed by atoms with Crippen molar-refractivity contribution in [3.63, 3.8) is 0 Å². The third-order valence-electron chi connectivity index (χ3n) is 0.920. The minimum atomic E-state index is 0.837. The third kappa shape index (κ3) is 15.7. The Kier molecular flexibility index (Phi) is 16.0. The average molecular weight is 165 g/mol. The monoisotopic (exact) mass is 165 g/mol. The van der Waals surface area contributed by atoms with Gasteiger partial charge in [0, 0.05) is 13.2 Å². The highest BCUT2D eigenvalue weighted by Gasteiger charge is 1.81. The highest BCUT2D eigenvalue weighted by molar-refractivity contribution is 7.02. The lowest BCUT2D eigenvalue weighted by molar-refractivity contribution is 0.145. The summed E-state index contributed by atoms with van der Waals surface area (Å²) in [7, 11) is 4.43. The number of nitrogens with one attached hydrogen (secondary N) is 2. The zero-order valence-corrected chi connectivity index (χ0v) is 7.68. The molecule has 0 radical (unpaired) electrons. The van der Waals surface area contributed by atoms with Gasteiger partial charge in [0.15, 0.2) is 1.41 Å². The SMILES string of the molecule is CCOCCCNC.[2H]N=P. The lowest BCUT2D eigenvalue weighted by Crippen LogP contribution is -2.10. The van der Waals surface area contributed by atoms with E-state index in [9.17, 15) is 0 Å². The minimum Gasteiger partial charge on any atom is -0.382 e. The van der Waals surface area contributed by atoms with Gasteiger partial charge in [-0.2, -0.15) is 0 Å². The molecule has 0 fully saturated rings. The van der Waals surface area contributed by atoms with Crippen molar-refractivity contribution in [3.05, 3.63) is 0 Å². The fraction of sp³-hybridized carbons (Fsp3) is 1.00. The molecule has 0 saturated heterocycles. The Morgan fingerprint density at radius 1 is 1.80 bits per heavy atom. The second-order valence-corrected chi connectivity index (χ2v) is 1.65. The largest absolute Gasteiger partial charge is 0.382 e. The molecule has 0 saturated carbocycles. The van der Waals surface area contributed by atoms with E-state index in [1.165, 1.54) is 0 Å². The van der Waals surface area contributed by atoms with Gasteiger partial charge in [0.25, 0.3) is 0 Å². The quantitative estimate of drug-likeness (QED) is 0.479. The first-order chi connectivity index (χ1) is 5.33. The lowest BCUT2D eigenvalue weighted by Gasteiger charge is -1.98. The molecule has 0 amide bonds. The standard InChI is InChI=1S/C6H15NO.H2NP/c1-3-8-6-4-5-7-2;1-2/h7H,3-6H2,1-2H3;1-2H/i/hD. The molecule has 0 spiro atoms. The van der Waals surface area contributed by atoms with E-state index in [4.69, 9.17) is 6.15 Å². The van der Waals surface area contributed by atoms with Crippen LogP contribution < -0.4 is 5.32 Å². The normalized spacial score (nSPS) is 9.20. The molecule has 0 aliphatic heterocycles. The van der Waals surface area contributed by atoms with Crippen LogP contribution in [0.5, 0.6) is 0 Å². The first kappa shape index (κ1) is 10.0. The van der Waals surface area contributed by atoms with Crippen LogP contribution in [0.15, 0.2) is 0 Å². The van der Waals surface area contributed by atoms with Gasteiger partial charge in [-0.1, -0.05) is 0 Å². The molecule has 0 rings (SSSR count). The predicted molar refractivity (Wildman–Crippen MR) is 46.1 cm³/mol. The van der Waals surface area contributed by atoms with Crippen LogP contribution in [-0.2, 0) is 4.74 Å². The summed E-state index contributed by atoms with van der Waals surface area (Å²) in [5, 5.41) is 5.60. The molecule has 0 bridgehead atoms. The maximum absolute atomic E-state index is 5.75. The van der Waals surface area contributed by atoms with Crippen LogP contribution in [0, 0.1) is 5.15 Å². The molecule has 0 aromatic heterocycles. The Morgan fingerprint density at radius 2 is 2.40 bits per heavy atom. The topological polar surface area (TPSA) is 45.1 Å². The van der Waals surface area contributed by atoms with Crippen LogP contribution in [0.2, 0.25) is 1.41 Å². The van der Waals surface area contributed by atoms with Crippen LogP contribution in [0.4, 0.5) is 0 Å². The van der Waals surface area contributed by atoms with Gasteiger partial charge in [0.05, 0.1) is 0 Å². The molecule has 3 nitrogen and oxygen atoms in total. The van der Waals surface area contributed by atoms with Crippen LogP contribution in [-0.4, -0.2) is 26.8 Å². The summed E-state index contributed by atoms with van der Waals surface area (Å²) in [6.07, 6.45) is 1.12. The van der Waals surface area contributed by atoms with E-state index in [2.05, 4.69) is 19.5 Å². The fourth-order valence-corrected chi connectivity index (χ4v) is 0.495. The summed E-state index contributed by atoms with van der Waals surface area (Å²) in [5.74, 6) is 0. The lowest BCUT2D eigenvalue weighted by atomic mass is 10.4. The van der Waals surface area contributed by atoms with Gasteiger partial charge in [-0.15, -0.1) is 0 Å². The summed E-state index contributed by atoms with van der Waals surface area (Å²) < 4.78 is 10.8. The highest BCUT2D eigenvalue weighted by Crippen LogP contribution is 1.77. The van der Waals surface area contributed by atoms with Crippen molar-refractivity contribution in [1.82, 2.24) is 5.32 Å². The molecule has 0 aliphatic rings. The minimum absolute atomic E-state index is 0.837. The number of ether oxygens (including phenoxy) is 1. The van der Waals surface area contributed by atoms with E-state index in [-0.39, 0.29) is 0 Å². The molecular formula is C6H17N2OP. The second-order valence-electron chi connectivity index (χ2n) is 1.65. The van der Waals surface area contributed by atoms with Crippen LogP contribution >= 0.6 is 9.03 Å². The van der Waals surface area contributed by atoms with Gasteiger partial charge in [-0.3, -0.25) is 5.15 Å². The summed E-state index contributed by atoms with van der Waals surface area (Å²) >= 11 is 0. The van der Waals surface area contributed by atoms with Crippen molar-refractivity contribution in [2.45, 2.75) is 13.3 Å². The summed E-state index contributed by atoms with van der Waals surface area (Å²) in [4.78, 5) is 0. The molecule has 2 N–H and O–H groups in total. The molecule has 0 aliphatic carbocycles. The van der Waals surface area contributed by atoms with Crippen molar-refractivity contribution in [3.8, 4) is 0 Å². The number of hydrogen-bond acceptors (Lipinski definition) is 3. The summed E-state index contributed by atoms with van der Waals surface area (Å²) in [6.45, 7) is 4.79. The van der Waals surface area contributed by atoms with Crippen molar-refractivity contribution in [2.24, 2.45) is 0 Å². The van der Waals surface area contributed by atoms with Gasteiger partial charge < -0.3 is 10.1 Å². The van der Waals surface area contributed by atoms with E-state index in [0.29, 0.717) is 0 Å². The van der Waals surface area contributed by atoms with Crippen molar-refractivity contribution in [2.75, 3.05) is 26.8 Å². The molecule has 4 heteroatoms. The smallest absolute Gasteiger partial charge is 0.192 e. The molecule has 62 valence electrons. The number of rotatable bonds is 5. The van der Waals surface area contributed by atoms with Crippen molar-refractivity contribution < 1.29 is 6.15 Å². The van der Waals surface area contributed by atoms with Gasteiger partial charge in [-0.05, 0) is 36.0 Å². The Labute approximate surface area is 66.7 Å². The fourth-order valence-electron chi connectivity index (χ4n) is 0.495. The number of hydrogen-bond donors (Lipinski definition) is 2. The zero-order valence-electron chi connectivity index (χ0n) is 7.68. The average Bonchev–Trinajstić information content (AvgIpc) is 2.00. The zero-order chi connectivity index (χ0) is 8.95. The molecule has 0 heterocycles. The van der Waals surface area contributed by atoms with Gasteiger partial charge >= 0.3 is 0 Å². The van der Waals surface area contributed by atoms with E-state index < -0.39 is 0 Å². The van der Waals surface area contributed by atoms with Gasteiger partial charge in [-0.25, -0.2) is 0 Å². The molecule has 0 aromatic rings. The van der Waals surface area contributed by atoms with Crippen LogP contribution in [0.25, 0.3) is 0 Å². The molecule has 10 heavy (non-hydrogen) atoms. The maximum Gasteiger partial charge on any atom is 0.192 e. The van der Waals surface area contributed by atoms with E-state index >= 15 is 0 Å². The Hall–Kier alpha value is 0.0200. The predicted octanol–water partition coefficient (Wildman–Crippen LogP) is 1.52. The third-order valence-corrected chi connectivity index (χ3v) is 0.920. The Bertz CT molecular complexity index is 69.6. The van der Waals surface area contributed by atoms with Crippen molar-refractivity contribution >= 4 is 9.03 Å². The van der Waals surface area contributed by atoms with Crippen LogP contribution in [0.3, 0.4) is 0 Å². The van der Waals surface area contributed by atoms with Crippen molar-refractivity contribution in [1.29, 1.82) is 5.15 Å². The summed E-state index contributed by atoms with van der Waals surface area (Å²) in [6, 6.07) is 0. The van der Waals surface area contributed by atoms with Crippen LogP contribution in [0.1, 0.15) is 13.3 Å².